The van der Waals surface area contributed by atoms with Gasteiger partial charge in [0.25, 0.3) is 0 Å². The van der Waals surface area contributed by atoms with E-state index in [1.165, 1.54) is 16.7 Å². The molecule has 2 nitrogen and oxygen atoms in total. The van der Waals surface area contributed by atoms with Gasteiger partial charge in [0.05, 0.1) is 0 Å². The number of anilines is 1. The minimum Gasteiger partial charge on any atom is -0.383 e. The number of pyridine rings is 1. The van der Waals surface area contributed by atoms with Crippen molar-refractivity contribution in [2.24, 2.45) is 0 Å². The summed E-state index contributed by atoms with van der Waals surface area (Å²) in [6.45, 7) is 4.27. The molecule has 0 saturated carbocycles. The van der Waals surface area contributed by atoms with Crippen LogP contribution in [0, 0.1) is 13.8 Å². The number of rotatable bonds is 3. The van der Waals surface area contributed by atoms with Crippen molar-refractivity contribution in [3.63, 3.8) is 0 Å². The topological polar surface area (TPSA) is 38.9 Å². The molecule has 0 fully saturated rings. The standard InChI is InChI=1S/C15H18N2/c1-11-8-12(2)10-13(9-11)5-6-14-4-3-7-17-15(14)16/h3-4,7-10H,5-6H2,1-2H3,(H2,16,17). The van der Waals surface area contributed by atoms with Gasteiger partial charge in [-0.2, -0.15) is 0 Å². The van der Waals surface area contributed by atoms with Crippen molar-refractivity contribution in [3.8, 4) is 0 Å². The van der Waals surface area contributed by atoms with Gasteiger partial charge in [-0.25, -0.2) is 4.98 Å². The van der Waals surface area contributed by atoms with Crippen LogP contribution in [0.4, 0.5) is 5.82 Å². The maximum atomic E-state index is 5.83. The Labute approximate surface area is 103 Å². The second-order valence-corrected chi connectivity index (χ2v) is 4.54. The molecule has 0 radical (unpaired) electrons. The first-order valence-corrected chi connectivity index (χ1v) is 5.91. The highest BCUT2D eigenvalue weighted by atomic mass is 14.8. The highest BCUT2D eigenvalue weighted by Gasteiger charge is 2.01. The van der Waals surface area contributed by atoms with Crippen LogP contribution >= 0.6 is 0 Å². The van der Waals surface area contributed by atoms with Gasteiger partial charge < -0.3 is 5.73 Å². The number of nitrogen functional groups attached to an aromatic ring is 1. The summed E-state index contributed by atoms with van der Waals surface area (Å²) in [5, 5.41) is 0. The number of hydrogen-bond donors (Lipinski definition) is 1. The lowest BCUT2D eigenvalue weighted by Gasteiger charge is -2.06. The molecule has 88 valence electrons. The molecule has 0 aliphatic carbocycles. The van der Waals surface area contributed by atoms with Crippen molar-refractivity contribution in [2.45, 2.75) is 26.7 Å². The maximum Gasteiger partial charge on any atom is 0.126 e. The number of nitrogens with zero attached hydrogens (tertiary/aromatic N) is 1. The molecule has 0 saturated heterocycles. The quantitative estimate of drug-likeness (QED) is 0.873. The Balaban J connectivity index is 2.10. The normalized spacial score (nSPS) is 10.5. The third-order valence-corrected chi connectivity index (χ3v) is 2.89. The first kappa shape index (κ1) is 11.6. The molecule has 0 unspecified atom stereocenters. The molecule has 0 aliphatic heterocycles. The number of nitrogens with two attached hydrogens (primary N) is 1. The third kappa shape index (κ3) is 3.06. The Morgan fingerprint density at radius 3 is 2.41 bits per heavy atom. The van der Waals surface area contributed by atoms with E-state index < -0.39 is 0 Å². The van der Waals surface area contributed by atoms with Gasteiger partial charge in [0.15, 0.2) is 0 Å². The molecule has 0 atom stereocenters. The molecule has 2 N–H and O–H groups in total. The van der Waals surface area contributed by atoms with E-state index in [1.54, 1.807) is 6.20 Å². The molecule has 2 aromatic rings. The molecule has 0 amide bonds. The molecule has 2 heteroatoms. The zero-order valence-corrected chi connectivity index (χ0v) is 10.4. The lowest BCUT2D eigenvalue weighted by atomic mass is 10.0. The summed E-state index contributed by atoms with van der Waals surface area (Å²) in [4.78, 5) is 4.10. The highest BCUT2D eigenvalue weighted by Crippen LogP contribution is 2.14. The molecular formula is C15H18N2. The lowest BCUT2D eigenvalue weighted by Crippen LogP contribution is -1.99. The van der Waals surface area contributed by atoms with Crippen LogP contribution in [-0.2, 0) is 12.8 Å². The minimum absolute atomic E-state index is 0.650. The molecule has 0 bridgehead atoms. The fourth-order valence-corrected chi connectivity index (χ4v) is 2.15. The summed E-state index contributed by atoms with van der Waals surface area (Å²) in [6, 6.07) is 10.7. The lowest BCUT2D eigenvalue weighted by molar-refractivity contribution is 0.950. The first-order chi connectivity index (χ1) is 8.15. The Hall–Kier alpha value is -1.83. The monoisotopic (exact) mass is 226 g/mol. The maximum absolute atomic E-state index is 5.83. The summed E-state index contributed by atoms with van der Waals surface area (Å²) in [6.07, 6.45) is 3.69. The van der Waals surface area contributed by atoms with Crippen LogP contribution in [0.25, 0.3) is 0 Å². The second kappa shape index (κ2) is 5.00. The molecule has 1 aromatic carbocycles. The number of aromatic nitrogens is 1. The Morgan fingerprint density at radius 1 is 1.06 bits per heavy atom. The fraction of sp³-hybridized carbons (Fsp3) is 0.267. The van der Waals surface area contributed by atoms with Crippen LogP contribution in [0.2, 0.25) is 0 Å². The van der Waals surface area contributed by atoms with Gasteiger partial charge in [0.1, 0.15) is 5.82 Å². The van der Waals surface area contributed by atoms with Crippen LogP contribution in [0.5, 0.6) is 0 Å². The van der Waals surface area contributed by atoms with E-state index in [4.69, 9.17) is 5.73 Å². The molecule has 1 aromatic heterocycles. The number of aryl methyl sites for hydroxylation is 4. The fourth-order valence-electron chi connectivity index (χ4n) is 2.15. The largest absolute Gasteiger partial charge is 0.383 e. The average molecular weight is 226 g/mol. The molecular weight excluding hydrogens is 208 g/mol. The van der Waals surface area contributed by atoms with E-state index in [1.807, 2.05) is 12.1 Å². The van der Waals surface area contributed by atoms with E-state index in [0.717, 1.165) is 18.4 Å². The van der Waals surface area contributed by atoms with Crippen molar-refractivity contribution >= 4 is 5.82 Å². The molecule has 0 aliphatic rings. The van der Waals surface area contributed by atoms with Crippen LogP contribution in [0.3, 0.4) is 0 Å². The summed E-state index contributed by atoms with van der Waals surface area (Å²) in [7, 11) is 0. The summed E-state index contributed by atoms with van der Waals surface area (Å²) >= 11 is 0. The van der Waals surface area contributed by atoms with E-state index in [2.05, 4.69) is 37.0 Å². The van der Waals surface area contributed by atoms with E-state index >= 15 is 0 Å². The van der Waals surface area contributed by atoms with Gasteiger partial charge in [-0.15, -0.1) is 0 Å². The van der Waals surface area contributed by atoms with Crippen molar-refractivity contribution in [1.29, 1.82) is 0 Å². The van der Waals surface area contributed by atoms with Crippen molar-refractivity contribution in [2.75, 3.05) is 5.73 Å². The summed E-state index contributed by atoms with van der Waals surface area (Å²) < 4.78 is 0. The Bertz CT molecular complexity index is 498. The third-order valence-electron chi connectivity index (χ3n) is 2.89. The number of benzene rings is 1. The molecule has 2 rings (SSSR count). The van der Waals surface area contributed by atoms with Crippen LogP contribution < -0.4 is 5.73 Å². The van der Waals surface area contributed by atoms with Gasteiger partial charge in [0, 0.05) is 6.20 Å². The van der Waals surface area contributed by atoms with Crippen LogP contribution in [-0.4, -0.2) is 4.98 Å². The Kier molecular flexibility index (Phi) is 3.43. The second-order valence-electron chi connectivity index (χ2n) is 4.54. The van der Waals surface area contributed by atoms with Gasteiger partial charge in [-0.05, 0) is 43.9 Å². The summed E-state index contributed by atoms with van der Waals surface area (Å²) in [5.74, 6) is 0.650. The minimum atomic E-state index is 0.650. The molecule has 17 heavy (non-hydrogen) atoms. The SMILES string of the molecule is Cc1cc(C)cc(CCc2cccnc2N)c1. The van der Waals surface area contributed by atoms with E-state index in [0.29, 0.717) is 5.82 Å². The van der Waals surface area contributed by atoms with Crippen molar-refractivity contribution in [1.82, 2.24) is 4.98 Å². The smallest absolute Gasteiger partial charge is 0.126 e. The number of hydrogen-bond acceptors (Lipinski definition) is 2. The molecule has 0 spiro atoms. The van der Waals surface area contributed by atoms with Gasteiger partial charge >= 0.3 is 0 Å². The predicted molar refractivity (Wildman–Crippen MR) is 72.0 cm³/mol. The molecule has 1 heterocycles. The zero-order valence-electron chi connectivity index (χ0n) is 10.4. The van der Waals surface area contributed by atoms with Crippen molar-refractivity contribution in [3.05, 3.63) is 58.8 Å². The highest BCUT2D eigenvalue weighted by molar-refractivity contribution is 5.39. The van der Waals surface area contributed by atoms with E-state index in [-0.39, 0.29) is 0 Å². The van der Waals surface area contributed by atoms with Crippen LogP contribution in [0.1, 0.15) is 22.3 Å². The Morgan fingerprint density at radius 2 is 1.76 bits per heavy atom. The van der Waals surface area contributed by atoms with E-state index in [9.17, 15) is 0 Å². The van der Waals surface area contributed by atoms with Crippen molar-refractivity contribution < 1.29 is 0 Å². The van der Waals surface area contributed by atoms with Crippen LogP contribution in [0.15, 0.2) is 36.5 Å². The van der Waals surface area contributed by atoms with Gasteiger partial charge in [-0.1, -0.05) is 35.4 Å². The average Bonchev–Trinajstić information content (AvgIpc) is 2.27. The van der Waals surface area contributed by atoms with Gasteiger partial charge in [-0.3, -0.25) is 0 Å². The summed E-state index contributed by atoms with van der Waals surface area (Å²) in [5.41, 5.74) is 11.0. The van der Waals surface area contributed by atoms with Gasteiger partial charge in [0.2, 0.25) is 0 Å². The zero-order chi connectivity index (χ0) is 12.3. The first-order valence-electron chi connectivity index (χ1n) is 5.91. The predicted octanol–water partition coefficient (Wildman–Crippen LogP) is 3.07.